The first-order valence-corrected chi connectivity index (χ1v) is 10.2. The van der Waals surface area contributed by atoms with Gasteiger partial charge < -0.3 is 29.0 Å². The van der Waals surface area contributed by atoms with Crippen LogP contribution in [0.15, 0.2) is 30.3 Å². The predicted molar refractivity (Wildman–Crippen MR) is 110 cm³/mol. The monoisotopic (exact) mass is 465 g/mol. The van der Waals surface area contributed by atoms with Gasteiger partial charge in [-0.05, 0) is 5.56 Å². The smallest absolute Gasteiger partial charge is 0.312 e. The third kappa shape index (κ3) is 8.19. The van der Waals surface area contributed by atoms with E-state index in [2.05, 4.69) is 5.32 Å². The first-order chi connectivity index (χ1) is 15.6. The largest absolute Gasteiger partial charge is 0.463 e. The van der Waals surface area contributed by atoms with E-state index in [1.54, 1.807) is 30.3 Å². The summed E-state index contributed by atoms with van der Waals surface area (Å²) < 4.78 is 26.9. The van der Waals surface area contributed by atoms with E-state index in [1.165, 1.54) is 13.8 Å². The quantitative estimate of drug-likeness (QED) is 0.424. The average molecular weight is 465 g/mol. The van der Waals surface area contributed by atoms with Crippen LogP contribution in [0.25, 0.3) is 0 Å². The van der Waals surface area contributed by atoms with E-state index in [1.807, 2.05) is 0 Å². The van der Waals surface area contributed by atoms with Crippen LogP contribution in [0.1, 0.15) is 33.3 Å². The average Bonchev–Trinajstić information content (AvgIpc) is 2.70. The lowest BCUT2D eigenvalue weighted by Crippen LogP contribution is -2.66. The van der Waals surface area contributed by atoms with Crippen LogP contribution in [-0.2, 0) is 54.1 Å². The molecule has 0 saturated carbocycles. The summed E-state index contributed by atoms with van der Waals surface area (Å²) >= 11 is 0. The highest BCUT2D eigenvalue weighted by Gasteiger charge is 2.52. The van der Waals surface area contributed by atoms with Gasteiger partial charge in [-0.2, -0.15) is 0 Å². The molecule has 1 saturated heterocycles. The van der Waals surface area contributed by atoms with E-state index >= 15 is 0 Å². The van der Waals surface area contributed by atoms with Crippen LogP contribution in [-0.4, -0.2) is 67.0 Å². The first kappa shape index (κ1) is 25.8. The zero-order valence-corrected chi connectivity index (χ0v) is 18.8. The summed E-state index contributed by atoms with van der Waals surface area (Å²) in [7, 11) is 0. The standard InChI is InChI=1S/C22H27NO10/c1-12(24)23-19-21(31-15(4)27)20(30-14(3)26)17(11-29-13(2)25)32-22(19)33-18(28)10-16-8-6-5-7-9-16/h5-9,17,19-22H,10-11H2,1-4H3,(H,23,24)/t17-,19+,20+,21+,22-/m0/s1. The summed E-state index contributed by atoms with van der Waals surface area (Å²) in [6.07, 6.45) is -5.22. The number of amides is 1. The molecule has 1 aliphatic heterocycles. The van der Waals surface area contributed by atoms with Gasteiger partial charge in [-0.15, -0.1) is 0 Å². The Morgan fingerprint density at radius 1 is 0.848 bits per heavy atom. The summed E-state index contributed by atoms with van der Waals surface area (Å²) in [6.45, 7) is 4.25. The zero-order valence-electron chi connectivity index (χ0n) is 18.8. The minimum absolute atomic E-state index is 0.0896. The normalized spacial score (nSPS) is 24.2. The minimum atomic E-state index is -1.43. The molecule has 1 aromatic carbocycles. The van der Waals surface area contributed by atoms with Crippen molar-refractivity contribution >= 4 is 29.8 Å². The number of hydrogen-bond donors (Lipinski definition) is 1. The van der Waals surface area contributed by atoms with Gasteiger partial charge in [0.15, 0.2) is 12.2 Å². The Morgan fingerprint density at radius 3 is 2.00 bits per heavy atom. The van der Waals surface area contributed by atoms with Gasteiger partial charge in [0.2, 0.25) is 12.2 Å². The fourth-order valence-electron chi connectivity index (χ4n) is 3.33. The molecule has 0 bridgehead atoms. The SMILES string of the molecule is CC(=O)N[C@H]1[C@H](OC(=O)Cc2ccccc2)O[C@@H](COC(C)=O)[C@@H](OC(C)=O)[C@@H]1OC(C)=O. The molecule has 2 rings (SSSR count). The topological polar surface area (TPSA) is 144 Å². The van der Waals surface area contributed by atoms with Crippen molar-refractivity contribution in [1.82, 2.24) is 5.32 Å². The van der Waals surface area contributed by atoms with Gasteiger partial charge in [0.25, 0.3) is 0 Å². The van der Waals surface area contributed by atoms with Crippen LogP contribution >= 0.6 is 0 Å². The number of carbonyl (C=O) groups is 5. The maximum atomic E-state index is 12.6. The first-order valence-electron chi connectivity index (χ1n) is 10.2. The lowest BCUT2D eigenvalue weighted by molar-refractivity contribution is -0.271. The van der Waals surface area contributed by atoms with Crippen molar-refractivity contribution in [2.24, 2.45) is 0 Å². The number of ether oxygens (including phenoxy) is 5. The molecule has 5 atom stereocenters. The highest BCUT2D eigenvalue weighted by molar-refractivity contribution is 5.75. The minimum Gasteiger partial charge on any atom is -0.463 e. The summed E-state index contributed by atoms with van der Waals surface area (Å²) in [6, 6.07) is 7.57. The van der Waals surface area contributed by atoms with Crippen molar-refractivity contribution < 1.29 is 47.7 Å². The van der Waals surface area contributed by atoms with E-state index in [0.29, 0.717) is 5.56 Å². The zero-order chi connectivity index (χ0) is 24.5. The second kappa shape index (κ2) is 12.0. The van der Waals surface area contributed by atoms with Crippen molar-refractivity contribution in [2.75, 3.05) is 6.61 Å². The molecule has 1 aliphatic rings. The molecule has 1 fully saturated rings. The molecule has 0 radical (unpaired) electrons. The van der Waals surface area contributed by atoms with Crippen LogP contribution in [0.4, 0.5) is 0 Å². The molecule has 0 aromatic heterocycles. The van der Waals surface area contributed by atoms with Gasteiger partial charge in [0.1, 0.15) is 18.8 Å². The third-order valence-corrected chi connectivity index (χ3v) is 4.51. The van der Waals surface area contributed by atoms with Gasteiger partial charge in [0.05, 0.1) is 6.42 Å². The molecule has 0 spiro atoms. The summed E-state index contributed by atoms with van der Waals surface area (Å²) in [4.78, 5) is 59.3. The molecule has 0 aliphatic carbocycles. The Bertz CT molecular complexity index is 871. The van der Waals surface area contributed by atoms with Crippen molar-refractivity contribution in [3.8, 4) is 0 Å². The van der Waals surface area contributed by atoms with Crippen LogP contribution in [0.5, 0.6) is 0 Å². The number of esters is 4. The van der Waals surface area contributed by atoms with Gasteiger partial charge in [-0.1, -0.05) is 30.3 Å². The Hall–Kier alpha value is -3.47. The van der Waals surface area contributed by atoms with E-state index < -0.39 is 60.4 Å². The fraction of sp³-hybridized carbons (Fsp3) is 0.500. The fourth-order valence-corrected chi connectivity index (χ4v) is 3.33. The number of benzene rings is 1. The molecule has 11 nitrogen and oxygen atoms in total. The van der Waals surface area contributed by atoms with Gasteiger partial charge >= 0.3 is 23.9 Å². The molecule has 1 N–H and O–H groups in total. The molecule has 1 heterocycles. The van der Waals surface area contributed by atoms with Crippen LogP contribution in [0.2, 0.25) is 0 Å². The molecule has 1 amide bonds. The van der Waals surface area contributed by atoms with Crippen LogP contribution in [0, 0.1) is 0 Å². The number of hydrogen-bond acceptors (Lipinski definition) is 10. The van der Waals surface area contributed by atoms with E-state index in [-0.39, 0.29) is 13.0 Å². The maximum absolute atomic E-state index is 12.6. The second-order valence-electron chi connectivity index (χ2n) is 7.37. The van der Waals surface area contributed by atoms with Gasteiger partial charge in [0, 0.05) is 27.7 Å². The van der Waals surface area contributed by atoms with E-state index in [9.17, 15) is 24.0 Å². The van der Waals surface area contributed by atoms with Crippen LogP contribution in [0.3, 0.4) is 0 Å². The maximum Gasteiger partial charge on any atom is 0.312 e. The molecule has 33 heavy (non-hydrogen) atoms. The van der Waals surface area contributed by atoms with Crippen LogP contribution < -0.4 is 5.32 Å². The molecular weight excluding hydrogens is 438 g/mol. The summed E-state index contributed by atoms with van der Waals surface area (Å²) in [5.74, 6) is -3.32. The van der Waals surface area contributed by atoms with Crippen molar-refractivity contribution in [3.63, 3.8) is 0 Å². The Kier molecular flexibility index (Phi) is 9.34. The number of carbonyl (C=O) groups excluding carboxylic acids is 5. The Morgan fingerprint density at radius 2 is 1.45 bits per heavy atom. The lowest BCUT2D eigenvalue weighted by Gasteiger charge is -2.44. The van der Waals surface area contributed by atoms with Crippen molar-refractivity contribution in [1.29, 1.82) is 0 Å². The molecule has 180 valence electrons. The predicted octanol–water partition coefficient (Wildman–Crippen LogP) is 0.428. The molecule has 0 unspecified atom stereocenters. The second-order valence-corrected chi connectivity index (χ2v) is 7.37. The highest BCUT2D eigenvalue weighted by Crippen LogP contribution is 2.28. The van der Waals surface area contributed by atoms with E-state index in [4.69, 9.17) is 23.7 Å². The third-order valence-electron chi connectivity index (χ3n) is 4.51. The van der Waals surface area contributed by atoms with Gasteiger partial charge in [-0.25, -0.2) is 0 Å². The Labute approximate surface area is 190 Å². The van der Waals surface area contributed by atoms with Crippen molar-refractivity contribution in [3.05, 3.63) is 35.9 Å². The molecule has 1 aromatic rings. The molecule has 11 heteroatoms. The highest BCUT2D eigenvalue weighted by atomic mass is 16.7. The lowest BCUT2D eigenvalue weighted by atomic mass is 9.96. The Balaban J connectivity index is 2.35. The summed E-state index contributed by atoms with van der Waals surface area (Å²) in [5, 5.41) is 2.53. The van der Waals surface area contributed by atoms with E-state index in [0.717, 1.165) is 13.8 Å². The summed E-state index contributed by atoms with van der Waals surface area (Å²) in [5.41, 5.74) is 0.681. The van der Waals surface area contributed by atoms with Crippen molar-refractivity contribution in [2.45, 2.75) is 64.8 Å². The van der Waals surface area contributed by atoms with Gasteiger partial charge in [-0.3, -0.25) is 24.0 Å². The number of nitrogens with one attached hydrogen (secondary N) is 1. The number of rotatable bonds is 8. The molecular formula is C22H27NO10.